The lowest BCUT2D eigenvalue weighted by Crippen LogP contribution is -2.50. The van der Waals surface area contributed by atoms with Crippen LogP contribution in [0.25, 0.3) is 0 Å². The van der Waals surface area contributed by atoms with E-state index in [1.54, 1.807) is 18.3 Å². The Morgan fingerprint density at radius 2 is 2.13 bits per heavy atom. The molecule has 1 unspecified atom stereocenters. The van der Waals surface area contributed by atoms with E-state index >= 15 is 0 Å². The molecule has 122 valence electrons. The Balaban J connectivity index is 1.59. The maximum absolute atomic E-state index is 13.0. The number of aromatic amines is 1. The number of rotatable bonds is 4. The number of amides is 1. The summed E-state index contributed by atoms with van der Waals surface area (Å²) in [5.41, 5.74) is 2.86. The summed E-state index contributed by atoms with van der Waals surface area (Å²) in [5, 5.41) is 13.1. The first-order valence-electron chi connectivity index (χ1n) is 7.74. The van der Waals surface area contributed by atoms with E-state index in [0.29, 0.717) is 19.5 Å². The van der Waals surface area contributed by atoms with Crippen molar-refractivity contribution in [3.8, 4) is 0 Å². The van der Waals surface area contributed by atoms with Crippen molar-refractivity contribution in [1.82, 2.24) is 20.8 Å². The molecule has 0 spiro atoms. The molecule has 1 aliphatic rings. The maximum Gasteiger partial charge on any atom is 0.237 e. The average molecular weight is 316 g/mol. The first-order chi connectivity index (χ1) is 11.0. The smallest absolute Gasteiger partial charge is 0.237 e. The van der Waals surface area contributed by atoms with Crippen molar-refractivity contribution >= 4 is 5.91 Å². The van der Waals surface area contributed by atoms with Crippen molar-refractivity contribution in [3.63, 3.8) is 0 Å². The predicted molar refractivity (Wildman–Crippen MR) is 85.4 cm³/mol. The highest BCUT2D eigenvalue weighted by atomic mass is 19.1. The molecule has 2 aromatic rings. The molecule has 0 radical (unpaired) electrons. The minimum absolute atomic E-state index is 0.0213. The average Bonchev–Trinajstić information content (AvgIpc) is 3.00. The number of hydrogen-bond donors (Lipinski definition) is 3. The standard InChI is InChI=1S/C17H21FN4O/c1-17(2,12-3-5-13(18)6-4-12)10-20-16(23)14-7-11-8-21-22-15(11)9-19-14/h3-6,8,14,19H,7,9-10H2,1-2H3,(H,20,23)(H,21,22). The molecule has 0 aliphatic carbocycles. The monoisotopic (exact) mass is 316 g/mol. The van der Waals surface area contributed by atoms with Gasteiger partial charge in [-0.05, 0) is 23.3 Å². The van der Waals surface area contributed by atoms with E-state index in [2.05, 4.69) is 20.8 Å². The molecule has 1 aliphatic heterocycles. The van der Waals surface area contributed by atoms with Crippen LogP contribution >= 0.6 is 0 Å². The van der Waals surface area contributed by atoms with E-state index in [0.717, 1.165) is 16.8 Å². The predicted octanol–water partition coefficient (Wildman–Crippen LogP) is 1.66. The highest BCUT2D eigenvalue weighted by Crippen LogP contribution is 2.22. The minimum Gasteiger partial charge on any atom is -0.354 e. The van der Waals surface area contributed by atoms with Gasteiger partial charge in [-0.15, -0.1) is 0 Å². The molecule has 0 saturated heterocycles. The number of H-pyrrole nitrogens is 1. The third-order valence-corrected chi connectivity index (χ3v) is 4.40. The van der Waals surface area contributed by atoms with E-state index in [1.165, 1.54) is 12.1 Å². The first kappa shape index (κ1) is 15.7. The summed E-state index contributed by atoms with van der Waals surface area (Å²) in [6.45, 7) is 5.18. The number of halogens is 1. The molecule has 0 bridgehead atoms. The summed E-state index contributed by atoms with van der Waals surface area (Å²) < 4.78 is 13.0. The van der Waals surface area contributed by atoms with Crippen molar-refractivity contribution in [1.29, 1.82) is 0 Å². The van der Waals surface area contributed by atoms with Crippen LogP contribution in [0.5, 0.6) is 0 Å². The van der Waals surface area contributed by atoms with Crippen molar-refractivity contribution in [2.24, 2.45) is 0 Å². The summed E-state index contributed by atoms with van der Waals surface area (Å²) in [4.78, 5) is 12.4. The molecular weight excluding hydrogens is 295 g/mol. The largest absolute Gasteiger partial charge is 0.354 e. The zero-order chi connectivity index (χ0) is 16.4. The van der Waals surface area contributed by atoms with Gasteiger partial charge in [0.25, 0.3) is 0 Å². The molecule has 2 heterocycles. The fourth-order valence-corrected chi connectivity index (χ4v) is 2.80. The van der Waals surface area contributed by atoms with Gasteiger partial charge >= 0.3 is 0 Å². The van der Waals surface area contributed by atoms with Crippen LogP contribution < -0.4 is 10.6 Å². The molecule has 5 nitrogen and oxygen atoms in total. The lowest BCUT2D eigenvalue weighted by atomic mass is 9.84. The van der Waals surface area contributed by atoms with Gasteiger partial charge in [-0.25, -0.2) is 4.39 Å². The summed E-state index contributed by atoms with van der Waals surface area (Å²) >= 11 is 0. The normalized spacial score (nSPS) is 17.6. The minimum atomic E-state index is -0.265. The van der Waals surface area contributed by atoms with Crippen molar-refractivity contribution < 1.29 is 9.18 Å². The zero-order valence-electron chi connectivity index (χ0n) is 13.3. The SMILES string of the molecule is CC(C)(CNC(=O)C1Cc2cn[nH]c2CN1)c1ccc(F)cc1. The van der Waals surface area contributed by atoms with Gasteiger partial charge in [0.1, 0.15) is 5.82 Å². The number of benzene rings is 1. The van der Waals surface area contributed by atoms with Crippen LogP contribution in [-0.2, 0) is 23.2 Å². The van der Waals surface area contributed by atoms with Gasteiger partial charge < -0.3 is 5.32 Å². The number of nitrogens with zero attached hydrogens (tertiary/aromatic N) is 1. The van der Waals surface area contributed by atoms with E-state index < -0.39 is 0 Å². The molecule has 0 fully saturated rings. The van der Waals surface area contributed by atoms with E-state index in [4.69, 9.17) is 0 Å². The van der Waals surface area contributed by atoms with Gasteiger partial charge in [-0.2, -0.15) is 5.10 Å². The lowest BCUT2D eigenvalue weighted by Gasteiger charge is -2.28. The second-order valence-electron chi connectivity index (χ2n) is 6.62. The molecule has 3 N–H and O–H groups in total. The Hall–Kier alpha value is -2.21. The lowest BCUT2D eigenvalue weighted by molar-refractivity contribution is -0.123. The molecule has 1 amide bonds. The zero-order valence-corrected chi connectivity index (χ0v) is 13.3. The molecule has 23 heavy (non-hydrogen) atoms. The molecule has 6 heteroatoms. The van der Waals surface area contributed by atoms with E-state index in [1.807, 2.05) is 13.8 Å². The van der Waals surface area contributed by atoms with Crippen molar-refractivity contribution in [2.75, 3.05) is 6.54 Å². The molecule has 3 rings (SSSR count). The van der Waals surface area contributed by atoms with Gasteiger partial charge in [0.05, 0.1) is 17.9 Å². The number of aromatic nitrogens is 2. The summed E-state index contributed by atoms with van der Waals surface area (Å²) in [6.07, 6.45) is 2.41. The Morgan fingerprint density at radius 1 is 1.39 bits per heavy atom. The van der Waals surface area contributed by atoms with Gasteiger partial charge in [0.2, 0.25) is 5.91 Å². The third-order valence-electron chi connectivity index (χ3n) is 4.40. The van der Waals surface area contributed by atoms with Crippen LogP contribution in [0.15, 0.2) is 30.5 Å². The Labute approximate surface area is 134 Å². The van der Waals surface area contributed by atoms with Crippen LogP contribution in [-0.4, -0.2) is 28.7 Å². The van der Waals surface area contributed by atoms with Gasteiger partial charge in [0.15, 0.2) is 0 Å². The fourth-order valence-electron chi connectivity index (χ4n) is 2.80. The highest BCUT2D eigenvalue weighted by molar-refractivity contribution is 5.82. The number of fused-ring (bicyclic) bond motifs is 1. The number of carbonyl (C=O) groups excluding carboxylic acids is 1. The molecule has 1 atom stereocenters. The fraction of sp³-hybridized carbons (Fsp3) is 0.412. The van der Waals surface area contributed by atoms with Crippen LogP contribution in [0, 0.1) is 5.82 Å². The van der Waals surface area contributed by atoms with Gasteiger partial charge in [0, 0.05) is 24.9 Å². The summed E-state index contributed by atoms with van der Waals surface area (Å²) in [7, 11) is 0. The van der Waals surface area contributed by atoms with Crippen LogP contribution in [0.4, 0.5) is 4.39 Å². The van der Waals surface area contributed by atoms with Crippen LogP contribution in [0.1, 0.15) is 30.7 Å². The Bertz CT molecular complexity index is 693. The van der Waals surface area contributed by atoms with Crippen LogP contribution in [0.2, 0.25) is 0 Å². The number of hydrogen-bond acceptors (Lipinski definition) is 3. The third kappa shape index (κ3) is 3.42. The van der Waals surface area contributed by atoms with Gasteiger partial charge in [-0.3, -0.25) is 15.2 Å². The molecule has 1 aromatic carbocycles. The van der Waals surface area contributed by atoms with Crippen LogP contribution in [0.3, 0.4) is 0 Å². The second-order valence-corrected chi connectivity index (χ2v) is 6.62. The Morgan fingerprint density at radius 3 is 2.87 bits per heavy atom. The molecule has 1 aromatic heterocycles. The number of nitrogens with one attached hydrogen (secondary N) is 3. The van der Waals surface area contributed by atoms with Crippen molar-refractivity contribution in [3.05, 3.63) is 53.1 Å². The Kier molecular flexibility index (Phi) is 4.17. The quantitative estimate of drug-likeness (QED) is 0.803. The molecule has 0 saturated carbocycles. The summed E-state index contributed by atoms with van der Waals surface area (Å²) in [5.74, 6) is -0.275. The summed E-state index contributed by atoms with van der Waals surface area (Å²) in [6, 6.07) is 6.17. The number of carbonyl (C=O) groups is 1. The topological polar surface area (TPSA) is 69.8 Å². The first-order valence-corrected chi connectivity index (χ1v) is 7.74. The van der Waals surface area contributed by atoms with Gasteiger partial charge in [-0.1, -0.05) is 26.0 Å². The van der Waals surface area contributed by atoms with E-state index in [-0.39, 0.29) is 23.2 Å². The maximum atomic E-state index is 13.0. The second kappa shape index (κ2) is 6.12. The highest BCUT2D eigenvalue weighted by Gasteiger charge is 2.27. The van der Waals surface area contributed by atoms with Crippen molar-refractivity contribution in [2.45, 2.75) is 38.3 Å². The molecular formula is C17H21FN4O. The van der Waals surface area contributed by atoms with E-state index in [9.17, 15) is 9.18 Å².